The maximum Gasteiger partial charge on any atom is 0.240 e. The smallest absolute Gasteiger partial charge is 0.240 e. The van der Waals surface area contributed by atoms with Crippen LogP contribution in [0, 0.1) is 0 Å². The fraction of sp³-hybridized carbons (Fsp3) is 0.308. The minimum absolute atomic E-state index is 0.0129. The van der Waals surface area contributed by atoms with Crippen LogP contribution in [0.3, 0.4) is 0 Å². The number of aromatic nitrogens is 3. The molecular formula is C26H26N6O4S2. The van der Waals surface area contributed by atoms with Crippen LogP contribution in [-0.2, 0) is 26.8 Å². The molecule has 1 saturated heterocycles. The molecule has 1 atom stereocenters. The lowest BCUT2D eigenvalue weighted by Gasteiger charge is -2.25. The number of hydrogen-bond acceptors (Lipinski definition) is 9. The Balaban J connectivity index is 1.39. The summed E-state index contributed by atoms with van der Waals surface area (Å²) in [7, 11) is -2.21. The number of rotatable bonds is 6. The first-order valence-electron chi connectivity index (χ1n) is 12.2. The van der Waals surface area contributed by atoms with E-state index in [1.165, 1.54) is 11.3 Å². The van der Waals surface area contributed by atoms with Crippen LogP contribution in [0.1, 0.15) is 24.6 Å². The van der Waals surface area contributed by atoms with Gasteiger partial charge in [-0.15, -0.1) is 0 Å². The van der Waals surface area contributed by atoms with Crippen molar-refractivity contribution in [1.29, 1.82) is 0 Å². The zero-order chi connectivity index (χ0) is 26.5. The second-order valence-electron chi connectivity index (χ2n) is 9.56. The van der Waals surface area contributed by atoms with Crippen molar-refractivity contribution in [3.8, 4) is 5.88 Å². The summed E-state index contributed by atoms with van der Waals surface area (Å²) < 4.78 is 34.5. The Morgan fingerprint density at radius 2 is 2.03 bits per heavy atom. The summed E-state index contributed by atoms with van der Waals surface area (Å²) >= 11 is 1.46. The standard InChI is InChI=1S/C26H26N6O4S2/c1-17(33)31-12-10-26(15-31)16-32(25-29-21-7-9-23(36-2)30-24(21)37-25)22-8-6-19(13-20(22)26)38(34,35)28-14-18-5-3-4-11-27-18/h3-9,11,13,28H,10,12,14-16H2,1-2H3. The lowest BCUT2D eigenvalue weighted by Crippen LogP contribution is -2.36. The number of nitrogens with one attached hydrogen (secondary N) is 1. The van der Waals surface area contributed by atoms with Gasteiger partial charge in [-0.1, -0.05) is 17.4 Å². The van der Waals surface area contributed by atoms with Crippen LogP contribution in [-0.4, -0.2) is 60.9 Å². The van der Waals surface area contributed by atoms with Gasteiger partial charge >= 0.3 is 0 Å². The number of sulfonamides is 1. The molecular weight excluding hydrogens is 524 g/mol. The molecule has 12 heteroatoms. The third kappa shape index (κ3) is 4.28. The maximum atomic E-state index is 13.3. The van der Waals surface area contributed by atoms with Crippen LogP contribution in [0.25, 0.3) is 10.3 Å². The fourth-order valence-corrected chi connectivity index (χ4v) is 7.22. The van der Waals surface area contributed by atoms with Gasteiger partial charge in [0.15, 0.2) is 5.13 Å². The minimum atomic E-state index is -3.79. The second kappa shape index (κ2) is 9.29. The Morgan fingerprint density at radius 3 is 2.76 bits per heavy atom. The van der Waals surface area contributed by atoms with E-state index in [1.807, 2.05) is 23.1 Å². The van der Waals surface area contributed by atoms with Crippen molar-refractivity contribution in [2.24, 2.45) is 0 Å². The lowest BCUT2D eigenvalue weighted by molar-refractivity contribution is -0.127. The van der Waals surface area contributed by atoms with E-state index in [-0.39, 0.29) is 17.3 Å². The Labute approximate surface area is 224 Å². The number of fused-ring (bicyclic) bond motifs is 3. The van der Waals surface area contributed by atoms with Crippen molar-refractivity contribution in [2.45, 2.75) is 30.2 Å². The number of pyridine rings is 2. The Kier molecular flexibility index (Phi) is 6.04. The molecule has 3 aromatic heterocycles. The van der Waals surface area contributed by atoms with Crippen LogP contribution in [0.4, 0.5) is 10.8 Å². The molecule has 1 spiro atoms. The number of ether oxygens (including phenoxy) is 1. The van der Waals surface area contributed by atoms with Gasteiger partial charge in [0.25, 0.3) is 0 Å². The summed E-state index contributed by atoms with van der Waals surface area (Å²) in [4.78, 5) is 30.7. The molecule has 0 saturated carbocycles. The summed E-state index contributed by atoms with van der Waals surface area (Å²) in [5, 5.41) is 0.768. The highest BCUT2D eigenvalue weighted by Gasteiger charge is 2.49. The van der Waals surface area contributed by atoms with E-state index < -0.39 is 15.4 Å². The molecule has 2 aliphatic rings. The molecule has 6 rings (SSSR count). The summed E-state index contributed by atoms with van der Waals surface area (Å²) in [5.41, 5.74) is 2.80. The number of carbonyl (C=O) groups excluding carboxylic acids is 1. The molecule has 1 N–H and O–H groups in total. The molecule has 1 fully saturated rings. The Hall–Kier alpha value is -3.61. The van der Waals surface area contributed by atoms with Gasteiger partial charge in [-0.3, -0.25) is 9.78 Å². The van der Waals surface area contributed by atoms with Gasteiger partial charge in [0, 0.05) is 49.9 Å². The third-order valence-electron chi connectivity index (χ3n) is 7.23. The van der Waals surface area contributed by atoms with E-state index in [9.17, 15) is 13.2 Å². The first kappa shape index (κ1) is 24.7. The lowest BCUT2D eigenvalue weighted by atomic mass is 9.81. The molecule has 5 heterocycles. The SMILES string of the molecule is COc1ccc2nc(N3CC4(CCN(C(C)=O)C4)c4cc(S(=O)(=O)NCc5ccccn5)ccc43)sc2n1. The number of carbonyl (C=O) groups is 1. The van der Waals surface area contributed by atoms with Crippen LogP contribution in [0.5, 0.6) is 5.88 Å². The summed E-state index contributed by atoms with van der Waals surface area (Å²) in [6, 6.07) is 14.3. The molecule has 0 radical (unpaired) electrons. The number of methoxy groups -OCH3 is 1. The summed E-state index contributed by atoms with van der Waals surface area (Å²) in [6.07, 6.45) is 2.36. The average Bonchev–Trinajstić information content (AvgIpc) is 3.63. The number of likely N-dealkylation sites (tertiary alicyclic amines) is 1. The number of amides is 1. The largest absolute Gasteiger partial charge is 0.481 e. The van der Waals surface area contributed by atoms with Crippen LogP contribution in [0.15, 0.2) is 59.6 Å². The van der Waals surface area contributed by atoms with Crippen molar-refractivity contribution < 1.29 is 17.9 Å². The first-order valence-corrected chi connectivity index (χ1v) is 14.5. The Morgan fingerprint density at radius 1 is 1.16 bits per heavy atom. The number of thiazole rings is 1. The molecule has 1 unspecified atom stereocenters. The fourth-order valence-electron chi connectivity index (χ4n) is 5.25. The minimum Gasteiger partial charge on any atom is -0.481 e. The maximum absolute atomic E-state index is 13.3. The molecule has 1 amide bonds. The van der Waals surface area contributed by atoms with Crippen molar-refractivity contribution in [3.63, 3.8) is 0 Å². The van der Waals surface area contributed by atoms with Crippen molar-refractivity contribution in [1.82, 2.24) is 24.6 Å². The van der Waals surface area contributed by atoms with E-state index in [0.717, 1.165) is 33.2 Å². The average molecular weight is 551 g/mol. The quantitative estimate of drug-likeness (QED) is 0.389. The molecule has 196 valence electrons. The third-order valence-corrected chi connectivity index (χ3v) is 9.62. The van der Waals surface area contributed by atoms with E-state index in [4.69, 9.17) is 9.72 Å². The van der Waals surface area contributed by atoms with E-state index >= 15 is 0 Å². The topological polar surface area (TPSA) is 118 Å². The van der Waals surface area contributed by atoms with E-state index in [0.29, 0.717) is 31.2 Å². The molecule has 1 aromatic carbocycles. The highest BCUT2D eigenvalue weighted by molar-refractivity contribution is 7.89. The number of hydrogen-bond donors (Lipinski definition) is 1. The molecule has 4 aromatic rings. The summed E-state index contributed by atoms with van der Waals surface area (Å²) in [5.74, 6) is 0.533. The van der Waals surface area contributed by atoms with Crippen molar-refractivity contribution >= 4 is 48.4 Å². The van der Waals surface area contributed by atoms with E-state index in [2.05, 4.69) is 19.6 Å². The van der Waals surface area contributed by atoms with Gasteiger partial charge in [-0.25, -0.2) is 23.1 Å². The molecule has 38 heavy (non-hydrogen) atoms. The zero-order valence-electron chi connectivity index (χ0n) is 20.9. The van der Waals surface area contributed by atoms with Crippen LogP contribution < -0.4 is 14.4 Å². The number of anilines is 2. The molecule has 0 aliphatic carbocycles. The number of benzene rings is 1. The van der Waals surface area contributed by atoms with Gasteiger partial charge < -0.3 is 14.5 Å². The second-order valence-corrected chi connectivity index (χ2v) is 12.3. The van der Waals surface area contributed by atoms with Gasteiger partial charge in [0.2, 0.25) is 21.8 Å². The monoisotopic (exact) mass is 550 g/mol. The predicted octanol–water partition coefficient (Wildman–Crippen LogP) is 3.22. The van der Waals surface area contributed by atoms with Crippen molar-refractivity contribution in [2.75, 3.05) is 31.6 Å². The number of nitrogens with zero attached hydrogens (tertiary/aromatic N) is 5. The predicted molar refractivity (Wildman–Crippen MR) is 144 cm³/mol. The molecule has 2 aliphatic heterocycles. The van der Waals surface area contributed by atoms with Gasteiger partial charge in [-0.05, 0) is 48.4 Å². The molecule has 10 nitrogen and oxygen atoms in total. The van der Waals surface area contributed by atoms with Crippen LogP contribution in [0.2, 0.25) is 0 Å². The zero-order valence-corrected chi connectivity index (χ0v) is 22.6. The first-order chi connectivity index (χ1) is 18.3. The Bertz CT molecular complexity index is 1640. The van der Waals surface area contributed by atoms with Crippen LogP contribution >= 0.6 is 11.3 Å². The van der Waals surface area contributed by atoms with Crippen molar-refractivity contribution in [3.05, 3.63) is 66.0 Å². The highest BCUT2D eigenvalue weighted by Crippen LogP contribution is 2.50. The molecule has 0 bridgehead atoms. The van der Waals surface area contributed by atoms with Gasteiger partial charge in [0.05, 0.1) is 24.2 Å². The normalized spacial score (nSPS) is 18.9. The van der Waals surface area contributed by atoms with Gasteiger partial charge in [0.1, 0.15) is 10.3 Å². The van der Waals surface area contributed by atoms with E-state index in [1.54, 1.807) is 50.6 Å². The highest BCUT2D eigenvalue weighted by atomic mass is 32.2. The summed E-state index contributed by atoms with van der Waals surface area (Å²) in [6.45, 7) is 3.40. The van der Waals surface area contributed by atoms with Gasteiger partial charge in [-0.2, -0.15) is 0 Å².